The monoisotopic (exact) mass is 377 g/mol. The molecule has 3 N–H and O–H groups in total. The van der Waals surface area contributed by atoms with Crippen molar-refractivity contribution in [2.75, 3.05) is 22.5 Å². The number of carbonyl (C=O) groups is 1. The molecule has 23 heavy (non-hydrogen) atoms. The minimum atomic E-state index is -0.285. The van der Waals surface area contributed by atoms with E-state index in [9.17, 15) is 4.79 Å². The summed E-state index contributed by atoms with van der Waals surface area (Å²) in [5.74, 6) is -0.0239. The van der Waals surface area contributed by atoms with Crippen molar-refractivity contribution in [2.24, 2.45) is 0 Å². The normalized spacial score (nSPS) is 18.0. The molecule has 0 unspecified atom stereocenters. The molecular weight excluding hydrogens is 358 g/mol. The number of halogens is 1. The molecular formula is C17H20BrN3O2. The van der Waals surface area contributed by atoms with Crippen molar-refractivity contribution in [2.45, 2.75) is 32.2 Å². The number of furan rings is 1. The molecule has 5 nitrogen and oxygen atoms in total. The first kappa shape index (κ1) is 15.9. The van der Waals surface area contributed by atoms with Gasteiger partial charge in [-0.1, -0.05) is 0 Å². The Bertz CT molecular complexity index is 714. The maximum absolute atomic E-state index is 12.4. The first-order valence-electron chi connectivity index (χ1n) is 7.77. The van der Waals surface area contributed by atoms with E-state index >= 15 is 0 Å². The molecule has 1 saturated heterocycles. The van der Waals surface area contributed by atoms with Gasteiger partial charge in [-0.15, -0.1) is 0 Å². The van der Waals surface area contributed by atoms with Crippen molar-refractivity contribution >= 4 is 38.9 Å². The predicted molar refractivity (Wildman–Crippen MR) is 95.9 cm³/mol. The molecule has 1 aromatic carbocycles. The summed E-state index contributed by atoms with van der Waals surface area (Å²) in [4.78, 5) is 14.7. The van der Waals surface area contributed by atoms with Gasteiger partial charge in [-0.2, -0.15) is 0 Å². The van der Waals surface area contributed by atoms with Crippen LogP contribution in [0.2, 0.25) is 0 Å². The smallest absolute Gasteiger partial charge is 0.291 e. The predicted octanol–water partition coefficient (Wildman–Crippen LogP) is 4.26. The van der Waals surface area contributed by atoms with Gasteiger partial charge >= 0.3 is 0 Å². The molecule has 0 spiro atoms. The molecule has 122 valence electrons. The fraction of sp³-hybridized carbons (Fsp3) is 0.353. The molecule has 0 bridgehead atoms. The average molecular weight is 378 g/mol. The fourth-order valence-corrected chi connectivity index (χ4v) is 3.29. The van der Waals surface area contributed by atoms with Crippen LogP contribution in [0.4, 0.5) is 17.1 Å². The van der Waals surface area contributed by atoms with Crippen LogP contribution in [0.3, 0.4) is 0 Å². The number of piperidine rings is 1. The fourth-order valence-electron chi connectivity index (χ4n) is 2.98. The van der Waals surface area contributed by atoms with E-state index in [1.165, 1.54) is 6.42 Å². The highest BCUT2D eigenvalue weighted by Gasteiger charge is 2.22. The first-order chi connectivity index (χ1) is 11.0. The number of amides is 1. The molecule has 1 aromatic heterocycles. The molecule has 1 aliphatic heterocycles. The molecule has 2 aromatic rings. The number of hydrogen-bond acceptors (Lipinski definition) is 4. The highest BCUT2D eigenvalue weighted by atomic mass is 79.9. The topological polar surface area (TPSA) is 71.5 Å². The van der Waals surface area contributed by atoms with E-state index in [0.29, 0.717) is 16.4 Å². The summed E-state index contributed by atoms with van der Waals surface area (Å²) in [7, 11) is 0. The van der Waals surface area contributed by atoms with Gasteiger partial charge < -0.3 is 20.4 Å². The number of rotatable bonds is 3. The largest absolute Gasteiger partial charge is 0.444 e. The minimum Gasteiger partial charge on any atom is -0.444 e. The molecule has 3 rings (SSSR count). The zero-order valence-corrected chi connectivity index (χ0v) is 14.6. The van der Waals surface area contributed by atoms with Gasteiger partial charge in [0.2, 0.25) is 0 Å². The first-order valence-corrected chi connectivity index (χ1v) is 8.57. The van der Waals surface area contributed by atoms with Gasteiger partial charge in [0, 0.05) is 18.3 Å². The van der Waals surface area contributed by atoms with Gasteiger partial charge in [-0.05, 0) is 72.4 Å². The van der Waals surface area contributed by atoms with Gasteiger partial charge in [0.05, 0.1) is 11.4 Å². The van der Waals surface area contributed by atoms with Crippen molar-refractivity contribution in [1.29, 1.82) is 0 Å². The number of nitrogens with one attached hydrogen (secondary N) is 1. The number of carbonyl (C=O) groups excluding carboxylic acids is 1. The van der Waals surface area contributed by atoms with Crippen LogP contribution < -0.4 is 16.0 Å². The summed E-state index contributed by atoms with van der Waals surface area (Å²) in [6, 6.07) is 9.42. The zero-order valence-electron chi connectivity index (χ0n) is 13.0. The quantitative estimate of drug-likeness (QED) is 0.783. The summed E-state index contributed by atoms with van der Waals surface area (Å²) in [6.07, 6.45) is 3.56. The van der Waals surface area contributed by atoms with Crippen LogP contribution in [0.15, 0.2) is 39.4 Å². The van der Waals surface area contributed by atoms with E-state index in [-0.39, 0.29) is 11.7 Å². The highest BCUT2D eigenvalue weighted by Crippen LogP contribution is 2.33. The molecule has 0 saturated carbocycles. The summed E-state index contributed by atoms with van der Waals surface area (Å²) < 4.78 is 5.84. The Morgan fingerprint density at radius 3 is 2.87 bits per heavy atom. The Balaban J connectivity index is 1.88. The van der Waals surface area contributed by atoms with Gasteiger partial charge in [-0.25, -0.2) is 0 Å². The molecule has 0 radical (unpaired) electrons. The Labute approximate surface area is 144 Å². The lowest BCUT2D eigenvalue weighted by Gasteiger charge is -2.36. The number of anilines is 3. The molecule has 2 heterocycles. The van der Waals surface area contributed by atoms with E-state index < -0.39 is 0 Å². The van der Waals surface area contributed by atoms with E-state index in [1.54, 1.807) is 18.2 Å². The number of nitrogens with two attached hydrogens (primary N) is 1. The zero-order chi connectivity index (χ0) is 16.4. The van der Waals surface area contributed by atoms with Crippen molar-refractivity contribution in [3.63, 3.8) is 0 Å². The Hall–Kier alpha value is -1.95. The second-order valence-corrected chi connectivity index (χ2v) is 6.65. The van der Waals surface area contributed by atoms with Gasteiger partial charge in [0.1, 0.15) is 0 Å². The third-order valence-electron chi connectivity index (χ3n) is 4.18. The van der Waals surface area contributed by atoms with Crippen LogP contribution in [0.25, 0.3) is 0 Å². The van der Waals surface area contributed by atoms with Gasteiger partial charge in [0.25, 0.3) is 5.91 Å². The SMILES string of the molecule is C[C@@H]1CCCCN1c1ccc(N)cc1NC(=O)c1ccc(Br)o1. The van der Waals surface area contributed by atoms with Crippen molar-refractivity contribution < 1.29 is 9.21 Å². The Kier molecular flexibility index (Phi) is 4.61. The van der Waals surface area contributed by atoms with Crippen LogP contribution in [-0.2, 0) is 0 Å². The summed E-state index contributed by atoms with van der Waals surface area (Å²) in [5, 5.41) is 2.92. The van der Waals surface area contributed by atoms with E-state index in [0.717, 1.165) is 30.8 Å². The Morgan fingerprint density at radius 2 is 2.17 bits per heavy atom. The number of benzene rings is 1. The van der Waals surface area contributed by atoms with Crippen LogP contribution in [0, 0.1) is 0 Å². The summed E-state index contributed by atoms with van der Waals surface area (Å²) >= 11 is 3.21. The lowest BCUT2D eigenvalue weighted by molar-refractivity contribution is 0.0995. The van der Waals surface area contributed by atoms with E-state index in [4.69, 9.17) is 10.2 Å². The molecule has 6 heteroatoms. The van der Waals surface area contributed by atoms with Crippen molar-refractivity contribution in [3.05, 3.63) is 40.8 Å². The average Bonchev–Trinajstić information content (AvgIpc) is 2.95. The van der Waals surface area contributed by atoms with Crippen LogP contribution in [-0.4, -0.2) is 18.5 Å². The molecule has 0 aliphatic carbocycles. The van der Waals surface area contributed by atoms with Gasteiger partial charge in [-0.3, -0.25) is 4.79 Å². The third kappa shape index (κ3) is 3.52. The highest BCUT2D eigenvalue weighted by molar-refractivity contribution is 9.10. The maximum atomic E-state index is 12.4. The van der Waals surface area contributed by atoms with E-state index in [1.807, 2.05) is 12.1 Å². The number of hydrogen-bond donors (Lipinski definition) is 2. The van der Waals surface area contributed by atoms with Crippen LogP contribution in [0.5, 0.6) is 0 Å². The van der Waals surface area contributed by atoms with Crippen molar-refractivity contribution in [1.82, 2.24) is 0 Å². The second kappa shape index (κ2) is 6.66. The molecule has 1 atom stereocenters. The van der Waals surface area contributed by atoms with Crippen LogP contribution in [0.1, 0.15) is 36.7 Å². The minimum absolute atomic E-state index is 0.261. The van der Waals surface area contributed by atoms with E-state index in [2.05, 4.69) is 33.1 Å². The molecule has 1 fully saturated rings. The van der Waals surface area contributed by atoms with Crippen LogP contribution >= 0.6 is 15.9 Å². The maximum Gasteiger partial charge on any atom is 0.291 e. The summed E-state index contributed by atoms with van der Waals surface area (Å²) in [6.45, 7) is 3.20. The Morgan fingerprint density at radius 1 is 1.35 bits per heavy atom. The van der Waals surface area contributed by atoms with Gasteiger partial charge in [0.15, 0.2) is 10.4 Å². The lowest BCUT2D eigenvalue weighted by Crippen LogP contribution is -2.38. The lowest BCUT2D eigenvalue weighted by atomic mass is 10.0. The number of nitrogens with zero attached hydrogens (tertiary/aromatic N) is 1. The molecule has 1 amide bonds. The van der Waals surface area contributed by atoms with Crippen molar-refractivity contribution in [3.8, 4) is 0 Å². The second-order valence-electron chi connectivity index (χ2n) is 5.87. The number of nitrogen functional groups attached to an aromatic ring is 1. The molecule has 1 aliphatic rings. The standard InChI is InChI=1S/C17H20BrN3O2/c1-11-4-2-3-9-21(11)14-6-5-12(19)10-13(14)20-17(22)15-7-8-16(18)23-15/h5-8,10-11H,2-4,9,19H2,1H3,(H,20,22)/t11-/m1/s1. The third-order valence-corrected chi connectivity index (χ3v) is 4.60. The summed E-state index contributed by atoms with van der Waals surface area (Å²) in [5.41, 5.74) is 8.25.